The third kappa shape index (κ3) is 8.42. The lowest BCUT2D eigenvalue weighted by molar-refractivity contribution is -0.137. The molecule has 1 aliphatic carbocycles. The van der Waals surface area contributed by atoms with Crippen LogP contribution in [0.1, 0.15) is 92.3 Å². The Bertz CT molecular complexity index is 1960. The molecule has 8 rings (SSSR count). The molecule has 1 saturated carbocycles. The van der Waals surface area contributed by atoms with Gasteiger partial charge in [-0.05, 0) is 113 Å². The molecule has 0 spiro atoms. The number of rotatable bonds is 10. The number of piperidine rings is 2. The second-order valence-electron chi connectivity index (χ2n) is 16.8. The highest BCUT2D eigenvalue weighted by Crippen LogP contribution is 2.46. The topological polar surface area (TPSA) is 63.7 Å². The number of benzene rings is 3. The number of pyridine rings is 1. The van der Waals surface area contributed by atoms with Crippen molar-refractivity contribution >= 4 is 22.5 Å². The van der Waals surface area contributed by atoms with E-state index in [1.165, 1.54) is 31.4 Å². The number of hydrogen-bond acceptors (Lipinski definition) is 6. The number of carbonyl (C=O) groups excluding carboxylic acids is 1. The predicted molar refractivity (Wildman–Crippen MR) is 214 cm³/mol. The zero-order chi connectivity index (χ0) is 38.2. The van der Waals surface area contributed by atoms with Gasteiger partial charge in [0.1, 0.15) is 0 Å². The molecule has 55 heavy (non-hydrogen) atoms. The summed E-state index contributed by atoms with van der Waals surface area (Å²) in [4.78, 5) is 27.7. The van der Waals surface area contributed by atoms with E-state index < -0.39 is 17.3 Å². The van der Waals surface area contributed by atoms with Gasteiger partial charge < -0.3 is 20.4 Å². The fraction of sp³-hybridized carbons (Fsp3) is 0.511. The standard InChI is InChI=1S/C45H55F3N6O/c1-31(2)26-35-29-54(25-20-49-35)37-14-15-40-38(28-37)41(43(55)51-44(18-19-44)33-11-5-3-6-12-33)39(42(50-40)32-10-9-13-34(27-32)45(46,47)48)30-52-23-16-36(17-24-52)53-21-7-4-8-22-53/h3,5-6,9-15,27-28,31,35-36,49H,4,7-8,16-26,29-30H2,1-2H3,(H,51,55). The smallest absolute Gasteiger partial charge is 0.369 e. The van der Waals surface area contributed by atoms with Crippen LogP contribution in [0.25, 0.3) is 22.2 Å². The number of carbonyl (C=O) groups is 1. The van der Waals surface area contributed by atoms with Gasteiger partial charge in [0.15, 0.2) is 0 Å². The van der Waals surface area contributed by atoms with Gasteiger partial charge in [-0.1, -0.05) is 62.7 Å². The van der Waals surface area contributed by atoms with E-state index in [9.17, 15) is 13.2 Å². The monoisotopic (exact) mass is 752 g/mol. The van der Waals surface area contributed by atoms with Crippen molar-refractivity contribution in [1.29, 1.82) is 0 Å². The summed E-state index contributed by atoms with van der Waals surface area (Å²) in [5.41, 5.74) is 3.53. The largest absolute Gasteiger partial charge is 0.416 e. The maximum Gasteiger partial charge on any atom is 0.416 e. The fourth-order valence-corrected chi connectivity index (χ4v) is 9.37. The van der Waals surface area contributed by atoms with E-state index in [1.54, 1.807) is 6.07 Å². The zero-order valence-electron chi connectivity index (χ0n) is 32.3. The Morgan fingerprint density at radius 3 is 2.40 bits per heavy atom. The van der Waals surface area contributed by atoms with Crippen molar-refractivity contribution in [2.45, 2.75) is 95.6 Å². The molecule has 4 heterocycles. The average Bonchev–Trinajstić information content (AvgIpc) is 3.98. The maximum absolute atomic E-state index is 15.1. The van der Waals surface area contributed by atoms with Crippen LogP contribution in [0, 0.1) is 5.92 Å². The molecular formula is C45H55F3N6O. The first kappa shape index (κ1) is 37.9. The Labute approximate surface area is 323 Å². The van der Waals surface area contributed by atoms with Gasteiger partial charge in [-0.25, -0.2) is 4.98 Å². The first-order chi connectivity index (χ1) is 26.6. The second-order valence-corrected chi connectivity index (χ2v) is 16.8. The van der Waals surface area contributed by atoms with Crippen LogP contribution in [0.4, 0.5) is 18.9 Å². The lowest BCUT2D eigenvalue weighted by Crippen LogP contribution is -2.51. The van der Waals surface area contributed by atoms with Crippen LogP contribution in [0.15, 0.2) is 72.8 Å². The third-order valence-electron chi connectivity index (χ3n) is 12.4. The molecule has 1 amide bonds. The van der Waals surface area contributed by atoms with Gasteiger partial charge in [0, 0.05) is 60.5 Å². The number of amides is 1. The lowest BCUT2D eigenvalue weighted by Gasteiger charge is -2.40. The number of halogens is 3. The summed E-state index contributed by atoms with van der Waals surface area (Å²) in [6.07, 6.45) is 4.08. The SMILES string of the molecule is CC(C)CC1CN(c2ccc3nc(-c4cccc(C(F)(F)F)c4)c(CN4CCC(N5CCCCC5)CC4)c(C(=O)NC4(c5ccccc5)CC4)c3c2)CCN1. The van der Waals surface area contributed by atoms with Crippen molar-refractivity contribution in [3.05, 3.63) is 95.1 Å². The van der Waals surface area contributed by atoms with E-state index in [0.29, 0.717) is 52.4 Å². The molecule has 3 saturated heterocycles. The van der Waals surface area contributed by atoms with Gasteiger partial charge in [0.2, 0.25) is 0 Å². The molecule has 10 heteroatoms. The Morgan fingerprint density at radius 2 is 1.69 bits per heavy atom. The summed E-state index contributed by atoms with van der Waals surface area (Å²) in [6.45, 7) is 11.5. The predicted octanol–water partition coefficient (Wildman–Crippen LogP) is 8.61. The second kappa shape index (κ2) is 15.9. The molecule has 1 aromatic heterocycles. The number of hydrogen-bond donors (Lipinski definition) is 2. The van der Waals surface area contributed by atoms with Crippen LogP contribution in [-0.2, 0) is 18.3 Å². The molecular weight excluding hydrogens is 698 g/mol. The molecule has 3 aliphatic heterocycles. The quantitative estimate of drug-likeness (QED) is 0.169. The number of anilines is 1. The Hall–Kier alpha value is -3.99. The Kier molecular flexibility index (Phi) is 10.9. The van der Waals surface area contributed by atoms with Gasteiger partial charge in [0.05, 0.1) is 27.9 Å². The number of alkyl halides is 3. The first-order valence-corrected chi connectivity index (χ1v) is 20.5. The van der Waals surface area contributed by atoms with Crippen molar-refractivity contribution < 1.29 is 18.0 Å². The first-order valence-electron chi connectivity index (χ1n) is 20.5. The summed E-state index contributed by atoms with van der Waals surface area (Å²) >= 11 is 0. The van der Waals surface area contributed by atoms with Crippen LogP contribution in [0.3, 0.4) is 0 Å². The highest BCUT2D eigenvalue weighted by atomic mass is 19.4. The van der Waals surface area contributed by atoms with Crippen LogP contribution in [-0.4, -0.2) is 78.6 Å². The number of likely N-dealkylation sites (tertiary alicyclic amines) is 2. The van der Waals surface area contributed by atoms with E-state index in [-0.39, 0.29) is 5.91 Å². The van der Waals surface area contributed by atoms with E-state index >= 15 is 4.79 Å². The number of nitrogens with one attached hydrogen (secondary N) is 2. The van der Waals surface area contributed by atoms with Crippen molar-refractivity contribution in [2.24, 2.45) is 5.92 Å². The summed E-state index contributed by atoms with van der Waals surface area (Å²) in [6, 6.07) is 22.6. The van der Waals surface area contributed by atoms with Crippen LogP contribution < -0.4 is 15.5 Å². The van der Waals surface area contributed by atoms with Crippen LogP contribution >= 0.6 is 0 Å². The van der Waals surface area contributed by atoms with Gasteiger partial charge >= 0.3 is 6.18 Å². The van der Waals surface area contributed by atoms with E-state index in [4.69, 9.17) is 4.98 Å². The lowest BCUT2D eigenvalue weighted by atomic mass is 9.92. The minimum absolute atomic E-state index is 0.199. The molecule has 2 N–H and O–H groups in total. The van der Waals surface area contributed by atoms with Crippen molar-refractivity contribution in [3.63, 3.8) is 0 Å². The minimum atomic E-state index is -4.51. The molecule has 0 radical (unpaired) electrons. The number of fused-ring (bicyclic) bond motifs is 1. The fourth-order valence-electron chi connectivity index (χ4n) is 9.37. The molecule has 1 unspecified atom stereocenters. The molecule has 3 aromatic carbocycles. The molecule has 1 atom stereocenters. The number of piperazine rings is 1. The van der Waals surface area contributed by atoms with E-state index in [2.05, 4.69) is 63.4 Å². The average molecular weight is 753 g/mol. The molecule has 292 valence electrons. The van der Waals surface area contributed by atoms with Crippen molar-refractivity contribution in [3.8, 4) is 11.3 Å². The summed E-state index contributed by atoms with van der Waals surface area (Å²) in [5.74, 6) is 0.366. The third-order valence-corrected chi connectivity index (χ3v) is 12.4. The van der Waals surface area contributed by atoms with E-state index in [1.807, 2.05) is 24.3 Å². The Balaban J connectivity index is 1.24. The van der Waals surface area contributed by atoms with Crippen molar-refractivity contribution in [1.82, 2.24) is 25.4 Å². The number of aromatic nitrogens is 1. The molecule has 0 bridgehead atoms. The highest BCUT2D eigenvalue weighted by Gasteiger charge is 2.46. The number of nitrogens with zero attached hydrogens (tertiary/aromatic N) is 4. The molecule has 4 aliphatic rings. The normalized spacial score (nSPS) is 21.3. The van der Waals surface area contributed by atoms with Gasteiger partial charge in [-0.15, -0.1) is 0 Å². The summed E-state index contributed by atoms with van der Waals surface area (Å²) in [7, 11) is 0. The van der Waals surface area contributed by atoms with Crippen molar-refractivity contribution in [2.75, 3.05) is 50.7 Å². The van der Waals surface area contributed by atoms with Gasteiger partial charge in [-0.2, -0.15) is 13.2 Å². The summed E-state index contributed by atoms with van der Waals surface area (Å²) in [5, 5.41) is 7.89. The van der Waals surface area contributed by atoms with Crippen LogP contribution in [0.5, 0.6) is 0 Å². The Morgan fingerprint density at radius 1 is 0.927 bits per heavy atom. The van der Waals surface area contributed by atoms with Gasteiger partial charge in [-0.3, -0.25) is 9.69 Å². The highest BCUT2D eigenvalue weighted by molar-refractivity contribution is 6.10. The van der Waals surface area contributed by atoms with E-state index in [0.717, 1.165) is 101 Å². The molecule has 4 aromatic rings. The van der Waals surface area contributed by atoms with Crippen LogP contribution in [0.2, 0.25) is 0 Å². The van der Waals surface area contributed by atoms with Gasteiger partial charge in [0.25, 0.3) is 5.91 Å². The zero-order valence-corrected chi connectivity index (χ0v) is 32.3. The molecule has 4 fully saturated rings. The maximum atomic E-state index is 15.1. The summed E-state index contributed by atoms with van der Waals surface area (Å²) < 4.78 is 42.5. The minimum Gasteiger partial charge on any atom is -0.369 e. The molecule has 7 nitrogen and oxygen atoms in total.